The zero-order chi connectivity index (χ0) is 10.8. The summed E-state index contributed by atoms with van der Waals surface area (Å²) in [4.78, 5) is 33.8. The van der Waals surface area contributed by atoms with E-state index < -0.39 is 23.3 Å². The van der Waals surface area contributed by atoms with Crippen molar-refractivity contribution in [3.63, 3.8) is 0 Å². The van der Waals surface area contributed by atoms with Crippen molar-refractivity contribution in [2.24, 2.45) is 5.41 Å². The predicted molar refractivity (Wildman–Crippen MR) is 49.2 cm³/mol. The Morgan fingerprint density at radius 3 is 2.14 bits per heavy atom. The lowest BCUT2D eigenvalue weighted by Gasteiger charge is -2.31. The van der Waals surface area contributed by atoms with Crippen LogP contribution in [0.2, 0.25) is 0 Å². The Hall–Kier alpha value is -1.65. The highest BCUT2D eigenvalue weighted by atomic mass is 16.2. The molecule has 0 saturated carbocycles. The lowest BCUT2D eigenvalue weighted by atomic mass is 9.79. The second-order valence-corrected chi connectivity index (χ2v) is 3.17. The number of nitrogens with one attached hydrogen (secondary N) is 2. The third-order valence-corrected chi connectivity index (χ3v) is 2.42. The van der Waals surface area contributed by atoms with Crippen LogP contribution in [0.1, 0.15) is 19.8 Å². The molecule has 0 unspecified atom stereocenters. The van der Waals surface area contributed by atoms with Crippen molar-refractivity contribution < 1.29 is 14.4 Å². The summed E-state index contributed by atoms with van der Waals surface area (Å²) in [6, 6.07) is -0.756. The first-order valence-electron chi connectivity index (χ1n) is 4.34. The average Bonchev–Trinajstić information content (AvgIpc) is 2.11. The molecule has 0 atom stereocenters. The first-order chi connectivity index (χ1) is 6.56. The summed E-state index contributed by atoms with van der Waals surface area (Å²) in [5.41, 5.74) is -1.17. The quantitative estimate of drug-likeness (QED) is 0.504. The topological polar surface area (TPSA) is 75.3 Å². The third-order valence-electron chi connectivity index (χ3n) is 2.42. The molecular formula is C9H12N2O3. The molecule has 0 aromatic rings. The number of hydrogen-bond donors (Lipinski definition) is 2. The maximum atomic E-state index is 11.5. The number of urea groups is 1. The van der Waals surface area contributed by atoms with E-state index in [1.807, 2.05) is 0 Å². The van der Waals surface area contributed by atoms with E-state index >= 15 is 0 Å². The fourth-order valence-corrected chi connectivity index (χ4v) is 1.48. The Morgan fingerprint density at radius 2 is 1.79 bits per heavy atom. The van der Waals surface area contributed by atoms with Crippen LogP contribution >= 0.6 is 0 Å². The molecule has 0 bridgehead atoms. The van der Waals surface area contributed by atoms with E-state index in [1.54, 1.807) is 6.92 Å². The molecule has 0 spiro atoms. The van der Waals surface area contributed by atoms with Crippen LogP contribution < -0.4 is 10.6 Å². The smallest absolute Gasteiger partial charge is 0.277 e. The van der Waals surface area contributed by atoms with Gasteiger partial charge in [-0.3, -0.25) is 20.2 Å². The van der Waals surface area contributed by atoms with Crippen molar-refractivity contribution in [1.29, 1.82) is 0 Å². The molecule has 1 rings (SSSR count). The molecule has 1 aliphatic heterocycles. The van der Waals surface area contributed by atoms with Crippen molar-refractivity contribution in [3.8, 4) is 0 Å². The van der Waals surface area contributed by atoms with Gasteiger partial charge in [-0.2, -0.15) is 0 Å². The van der Waals surface area contributed by atoms with E-state index in [0.717, 1.165) is 0 Å². The highest BCUT2D eigenvalue weighted by Crippen LogP contribution is 2.29. The minimum absolute atomic E-state index is 0.231. The molecule has 0 radical (unpaired) electrons. The Morgan fingerprint density at radius 1 is 1.29 bits per heavy atom. The van der Waals surface area contributed by atoms with Crippen LogP contribution in [0.25, 0.3) is 0 Å². The van der Waals surface area contributed by atoms with Gasteiger partial charge in [-0.05, 0) is 12.8 Å². The number of imide groups is 2. The van der Waals surface area contributed by atoms with E-state index in [1.165, 1.54) is 6.08 Å². The van der Waals surface area contributed by atoms with Gasteiger partial charge in [0.05, 0.1) is 0 Å². The van der Waals surface area contributed by atoms with Crippen molar-refractivity contribution in [2.45, 2.75) is 19.8 Å². The Balaban J connectivity index is 3.03. The molecule has 1 fully saturated rings. The molecule has 76 valence electrons. The van der Waals surface area contributed by atoms with E-state index in [2.05, 4.69) is 17.2 Å². The van der Waals surface area contributed by atoms with Gasteiger partial charge in [-0.1, -0.05) is 13.0 Å². The third kappa shape index (κ3) is 1.41. The van der Waals surface area contributed by atoms with Gasteiger partial charge in [0.1, 0.15) is 5.41 Å². The summed E-state index contributed by atoms with van der Waals surface area (Å²) in [5, 5.41) is 4.16. The SMILES string of the molecule is C=CCC1(CC)C(=O)NC(=O)NC1=O. The van der Waals surface area contributed by atoms with Gasteiger partial charge >= 0.3 is 6.03 Å². The summed E-state index contributed by atoms with van der Waals surface area (Å²) in [6.07, 6.45) is 2.07. The lowest BCUT2D eigenvalue weighted by molar-refractivity contribution is -0.144. The minimum atomic E-state index is -1.17. The Bertz CT molecular complexity index is 289. The van der Waals surface area contributed by atoms with Crippen LogP contribution in [0.3, 0.4) is 0 Å². The number of allylic oxidation sites excluding steroid dienone is 1. The largest absolute Gasteiger partial charge is 0.328 e. The van der Waals surface area contributed by atoms with Crippen LogP contribution in [0.15, 0.2) is 12.7 Å². The number of carbonyl (C=O) groups is 3. The first-order valence-corrected chi connectivity index (χ1v) is 4.34. The van der Waals surface area contributed by atoms with Gasteiger partial charge in [0.2, 0.25) is 11.8 Å². The molecular weight excluding hydrogens is 184 g/mol. The summed E-state index contributed by atoms with van der Waals surface area (Å²) < 4.78 is 0. The van der Waals surface area contributed by atoms with Gasteiger partial charge < -0.3 is 0 Å². The van der Waals surface area contributed by atoms with E-state index in [4.69, 9.17) is 0 Å². The Kier molecular flexibility index (Phi) is 2.69. The number of barbiturate groups is 1. The number of amides is 4. The van der Waals surface area contributed by atoms with Crippen molar-refractivity contribution >= 4 is 17.8 Å². The van der Waals surface area contributed by atoms with E-state index in [0.29, 0.717) is 6.42 Å². The van der Waals surface area contributed by atoms with E-state index in [-0.39, 0.29) is 6.42 Å². The molecule has 5 heteroatoms. The fraction of sp³-hybridized carbons (Fsp3) is 0.444. The van der Waals surface area contributed by atoms with E-state index in [9.17, 15) is 14.4 Å². The Labute approximate surface area is 81.5 Å². The fourth-order valence-electron chi connectivity index (χ4n) is 1.48. The summed E-state index contributed by atoms with van der Waals surface area (Å²) in [7, 11) is 0. The molecule has 1 saturated heterocycles. The zero-order valence-corrected chi connectivity index (χ0v) is 7.92. The maximum absolute atomic E-state index is 11.5. The molecule has 2 N–H and O–H groups in total. The summed E-state index contributed by atoms with van der Waals surface area (Å²) >= 11 is 0. The van der Waals surface area contributed by atoms with Gasteiger partial charge in [-0.15, -0.1) is 6.58 Å². The molecule has 5 nitrogen and oxygen atoms in total. The molecule has 4 amide bonds. The van der Waals surface area contributed by atoms with Crippen LogP contribution in [0, 0.1) is 5.41 Å². The number of carbonyl (C=O) groups excluding carboxylic acids is 3. The predicted octanol–water partition coefficient (Wildman–Crippen LogP) is 0.325. The molecule has 1 aliphatic rings. The minimum Gasteiger partial charge on any atom is -0.277 e. The van der Waals surface area contributed by atoms with Gasteiger partial charge in [0.25, 0.3) is 0 Å². The first kappa shape index (κ1) is 10.4. The zero-order valence-electron chi connectivity index (χ0n) is 7.92. The second kappa shape index (κ2) is 3.61. The number of hydrogen-bond acceptors (Lipinski definition) is 3. The van der Waals surface area contributed by atoms with Gasteiger partial charge in [0, 0.05) is 0 Å². The van der Waals surface area contributed by atoms with Crippen molar-refractivity contribution in [3.05, 3.63) is 12.7 Å². The molecule has 14 heavy (non-hydrogen) atoms. The van der Waals surface area contributed by atoms with Gasteiger partial charge in [0.15, 0.2) is 0 Å². The van der Waals surface area contributed by atoms with Crippen LogP contribution in [0.4, 0.5) is 4.79 Å². The number of rotatable bonds is 3. The molecule has 0 aliphatic carbocycles. The van der Waals surface area contributed by atoms with Crippen LogP contribution in [0.5, 0.6) is 0 Å². The van der Waals surface area contributed by atoms with Crippen molar-refractivity contribution in [2.75, 3.05) is 0 Å². The summed E-state index contributed by atoms with van der Waals surface area (Å²) in [5.74, 6) is -1.10. The molecule has 0 aromatic heterocycles. The van der Waals surface area contributed by atoms with Crippen LogP contribution in [-0.2, 0) is 9.59 Å². The second-order valence-electron chi connectivity index (χ2n) is 3.17. The molecule has 0 aromatic carbocycles. The lowest BCUT2D eigenvalue weighted by Crippen LogP contribution is -2.62. The normalized spacial score (nSPS) is 19.9. The summed E-state index contributed by atoms with van der Waals surface area (Å²) in [6.45, 7) is 5.21. The highest BCUT2D eigenvalue weighted by Gasteiger charge is 2.47. The maximum Gasteiger partial charge on any atom is 0.328 e. The average molecular weight is 196 g/mol. The van der Waals surface area contributed by atoms with Crippen LogP contribution in [-0.4, -0.2) is 17.8 Å². The highest BCUT2D eigenvalue weighted by molar-refractivity contribution is 6.19. The monoisotopic (exact) mass is 196 g/mol. The standard InChI is InChI=1S/C9H12N2O3/c1-3-5-9(4-2)6(12)10-8(14)11-7(9)13/h3H,1,4-5H2,2H3,(H2,10,11,12,13,14). The van der Waals surface area contributed by atoms with Crippen molar-refractivity contribution in [1.82, 2.24) is 10.6 Å². The molecule has 1 heterocycles. The van der Waals surface area contributed by atoms with Gasteiger partial charge in [-0.25, -0.2) is 4.79 Å².